The molecule has 3 atom stereocenters. The van der Waals surface area contributed by atoms with Crippen molar-refractivity contribution >= 4 is 5.91 Å². The van der Waals surface area contributed by atoms with Crippen LogP contribution in [0.25, 0.3) is 0 Å². The summed E-state index contributed by atoms with van der Waals surface area (Å²) in [5.74, 6) is -0.326. The molecule has 354 valence electrons. The Hall–Kier alpha value is -1.43. The SMILES string of the molecule is CCCCCCC/C=C/CC/C=C/CC/C=C/C(O)C(CO)NC(=O)CC(O)CCCCCCCCCCCCCCCCCCCCCCCCCCCCCCCC. The molecule has 5 nitrogen and oxygen atoms in total. The highest BCUT2D eigenvalue weighted by Gasteiger charge is 2.20. The summed E-state index contributed by atoms with van der Waals surface area (Å²) >= 11 is 0. The summed E-state index contributed by atoms with van der Waals surface area (Å²) in [6.45, 7) is 4.20. The maximum absolute atomic E-state index is 12.5. The number of allylic oxidation sites excluding steroid dienone is 5. The summed E-state index contributed by atoms with van der Waals surface area (Å²) in [6.07, 6.45) is 64.8. The number of rotatable bonds is 49. The second-order valence-electron chi connectivity index (χ2n) is 18.5. The number of aliphatic hydroxyl groups excluding tert-OH is 3. The van der Waals surface area contributed by atoms with Crippen LogP contribution in [0.1, 0.15) is 284 Å². The van der Waals surface area contributed by atoms with Crippen molar-refractivity contribution in [1.29, 1.82) is 0 Å². The summed E-state index contributed by atoms with van der Waals surface area (Å²) in [5, 5.41) is 33.3. The van der Waals surface area contributed by atoms with Crippen LogP contribution in [0.15, 0.2) is 36.5 Å². The summed E-state index contributed by atoms with van der Waals surface area (Å²) in [7, 11) is 0. The first-order valence-electron chi connectivity index (χ1n) is 26.8. The third-order valence-electron chi connectivity index (χ3n) is 12.4. The lowest BCUT2D eigenvalue weighted by Gasteiger charge is -2.21. The first kappa shape index (κ1) is 58.6. The number of hydrogen-bond donors (Lipinski definition) is 4. The van der Waals surface area contributed by atoms with Crippen molar-refractivity contribution in [3.05, 3.63) is 36.5 Å². The van der Waals surface area contributed by atoms with E-state index in [2.05, 4.69) is 43.5 Å². The molecule has 5 heteroatoms. The van der Waals surface area contributed by atoms with E-state index in [0.717, 1.165) is 38.5 Å². The summed E-state index contributed by atoms with van der Waals surface area (Å²) in [6, 6.07) is -0.766. The Kier molecular flexibility index (Phi) is 49.0. The van der Waals surface area contributed by atoms with Gasteiger partial charge in [-0.2, -0.15) is 0 Å². The molecule has 0 aromatic rings. The molecule has 60 heavy (non-hydrogen) atoms. The number of carbonyl (C=O) groups is 1. The summed E-state index contributed by atoms with van der Waals surface area (Å²) in [5.41, 5.74) is 0. The van der Waals surface area contributed by atoms with Gasteiger partial charge in [-0.05, 0) is 44.9 Å². The number of amides is 1. The molecule has 0 bridgehead atoms. The van der Waals surface area contributed by atoms with E-state index in [-0.39, 0.29) is 18.9 Å². The molecule has 0 radical (unpaired) electrons. The van der Waals surface area contributed by atoms with Crippen LogP contribution >= 0.6 is 0 Å². The van der Waals surface area contributed by atoms with Gasteiger partial charge in [0.25, 0.3) is 0 Å². The molecule has 0 rings (SSSR count). The molecule has 0 saturated carbocycles. The van der Waals surface area contributed by atoms with E-state index in [4.69, 9.17) is 0 Å². The average Bonchev–Trinajstić information content (AvgIpc) is 3.24. The lowest BCUT2D eigenvalue weighted by molar-refractivity contribution is -0.124. The Labute approximate surface area is 374 Å². The van der Waals surface area contributed by atoms with Crippen molar-refractivity contribution in [3.63, 3.8) is 0 Å². The van der Waals surface area contributed by atoms with E-state index in [9.17, 15) is 20.1 Å². The van der Waals surface area contributed by atoms with Crippen molar-refractivity contribution in [2.45, 2.75) is 302 Å². The van der Waals surface area contributed by atoms with Gasteiger partial charge in [0.15, 0.2) is 0 Å². The molecule has 3 unspecified atom stereocenters. The molecule has 0 aliphatic carbocycles. The van der Waals surface area contributed by atoms with E-state index < -0.39 is 18.2 Å². The van der Waals surface area contributed by atoms with Gasteiger partial charge in [0.1, 0.15) is 0 Å². The van der Waals surface area contributed by atoms with Crippen molar-refractivity contribution in [1.82, 2.24) is 5.32 Å². The summed E-state index contributed by atoms with van der Waals surface area (Å²) in [4.78, 5) is 12.5. The van der Waals surface area contributed by atoms with Gasteiger partial charge < -0.3 is 20.6 Å². The normalized spacial score (nSPS) is 13.6. The second-order valence-corrected chi connectivity index (χ2v) is 18.5. The molecule has 1 amide bonds. The number of nitrogens with one attached hydrogen (secondary N) is 1. The highest BCUT2D eigenvalue weighted by Crippen LogP contribution is 2.17. The highest BCUT2D eigenvalue weighted by atomic mass is 16.3. The molecule has 0 spiro atoms. The quantitative estimate of drug-likeness (QED) is 0.0363. The van der Waals surface area contributed by atoms with Gasteiger partial charge in [-0.1, -0.05) is 269 Å². The van der Waals surface area contributed by atoms with Gasteiger partial charge in [-0.15, -0.1) is 0 Å². The predicted molar refractivity (Wildman–Crippen MR) is 264 cm³/mol. The van der Waals surface area contributed by atoms with Crippen LogP contribution in [0.5, 0.6) is 0 Å². The molecule has 0 aliphatic heterocycles. The Bertz CT molecular complexity index is 931. The maximum atomic E-state index is 12.5. The smallest absolute Gasteiger partial charge is 0.222 e. The van der Waals surface area contributed by atoms with Crippen LogP contribution in [0.4, 0.5) is 0 Å². The van der Waals surface area contributed by atoms with Crippen molar-refractivity contribution in [2.75, 3.05) is 6.61 Å². The topological polar surface area (TPSA) is 89.8 Å². The number of aliphatic hydroxyl groups is 3. The van der Waals surface area contributed by atoms with Crippen LogP contribution in [0.3, 0.4) is 0 Å². The van der Waals surface area contributed by atoms with E-state index in [1.165, 1.54) is 218 Å². The van der Waals surface area contributed by atoms with Crippen LogP contribution in [-0.4, -0.2) is 46.1 Å². The third-order valence-corrected chi connectivity index (χ3v) is 12.4. The molecule has 0 aromatic heterocycles. The molecule has 4 N–H and O–H groups in total. The van der Waals surface area contributed by atoms with Gasteiger partial charge in [0.2, 0.25) is 5.91 Å². The lowest BCUT2D eigenvalue weighted by Crippen LogP contribution is -2.45. The van der Waals surface area contributed by atoms with Gasteiger partial charge in [0.05, 0.1) is 31.3 Å². The highest BCUT2D eigenvalue weighted by molar-refractivity contribution is 5.76. The molecule has 0 aromatic carbocycles. The van der Waals surface area contributed by atoms with Crippen LogP contribution in [0.2, 0.25) is 0 Å². The van der Waals surface area contributed by atoms with E-state index in [1.54, 1.807) is 6.08 Å². The minimum atomic E-state index is -0.958. The Balaban J connectivity index is 3.53. The zero-order valence-electron chi connectivity index (χ0n) is 40.4. The Morgan fingerprint density at radius 2 is 0.717 bits per heavy atom. The van der Waals surface area contributed by atoms with E-state index in [0.29, 0.717) is 6.42 Å². The van der Waals surface area contributed by atoms with Gasteiger partial charge in [-0.25, -0.2) is 0 Å². The van der Waals surface area contributed by atoms with Crippen molar-refractivity contribution in [3.8, 4) is 0 Å². The first-order chi connectivity index (χ1) is 29.5. The third kappa shape index (κ3) is 46.1. The van der Waals surface area contributed by atoms with Gasteiger partial charge in [-0.3, -0.25) is 4.79 Å². The molecular weight excluding hydrogens is 739 g/mol. The Morgan fingerprint density at radius 3 is 1.07 bits per heavy atom. The van der Waals surface area contributed by atoms with Gasteiger partial charge in [0, 0.05) is 0 Å². The monoisotopic (exact) mass is 844 g/mol. The second kappa shape index (κ2) is 50.2. The number of hydrogen-bond acceptors (Lipinski definition) is 4. The minimum absolute atomic E-state index is 0.00540. The first-order valence-corrected chi connectivity index (χ1v) is 26.8. The molecule has 0 heterocycles. The number of unbranched alkanes of at least 4 members (excludes halogenated alkanes) is 36. The van der Waals surface area contributed by atoms with E-state index in [1.807, 2.05) is 6.08 Å². The zero-order chi connectivity index (χ0) is 43.7. The van der Waals surface area contributed by atoms with Crippen molar-refractivity contribution in [2.24, 2.45) is 0 Å². The fraction of sp³-hybridized carbons (Fsp3) is 0.873. The van der Waals surface area contributed by atoms with Crippen molar-refractivity contribution < 1.29 is 20.1 Å². The fourth-order valence-electron chi connectivity index (χ4n) is 8.32. The standard InChI is InChI=1S/C55H105NO4/c1-3-5-7-9-11-13-15-17-19-20-21-22-23-24-25-26-27-28-29-30-31-32-33-35-36-38-40-42-44-46-48-52(58)50-55(60)56-53(51-57)54(59)49-47-45-43-41-39-37-34-18-16-14-12-10-8-6-4-2/h16,18,39,41,47,49,52-54,57-59H,3-15,17,19-38,40,42-46,48,50-51H2,1-2H3,(H,56,60)/b18-16+,41-39+,49-47+. The lowest BCUT2D eigenvalue weighted by atomic mass is 10.0. The zero-order valence-corrected chi connectivity index (χ0v) is 40.4. The molecule has 0 aliphatic rings. The summed E-state index contributed by atoms with van der Waals surface area (Å²) < 4.78 is 0. The van der Waals surface area contributed by atoms with Crippen LogP contribution < -0.4 is 5.32 Å². The fourth-order valence-corrected chi connectivity index (χ4v) is 8.32. The van der Waals surface area contributed by atoms with E-state index >= 15 is 0 Å². The number of carbonyl (C=O) groups excluding carboxylic acids is 1. The van der Waals surface area contributed by atoms with Crippen LogP contribution in [0, 0.1) is 0 Å². The Morgan fingerprint density at radius 1 is 0.417 bits per heavy atom. The van der Waals surface area contributed by atoms with Gasteiger partial charge >= 0.3 is 0 Å². The molecule has 0 saturated heterocycles. The molecule has 0 fully saturated rings. The van der Waals surface area contributed by atoms with Crippen LogP contribution in [-0.2, 0) is 4.79 Å². The predicted octanol–water partition coefficient (Wildman–Crippen LogP) is 16.3. The average molecular weight is 844 g/mol. The molecular formula is C55H105NO4. The minimum Gasteiger partial charge on any atom is -0.394 e. The largest absolute Gasteiger partial charge is 0.394 e. The maximum Gasteiger partial charge on any atom is 0.222 e.